The standard InChI is InChI=1S/C12H25N3O3/c1-6-13-10(16)8-14-9(2)7-15-11(17)18-12(3,4)5/h9,14H,6-8H2,1-5H3,(H,13,16)(H,15,17). The lowest BCUT2D eigenvalue weighted by Gasteiger charge is -2.21. The predicted molar refractivity (Wildman–Crippen MR) is 70.4 cm³/mol. The van der Waals surface area contributed by atoms with Gasteiger partial charge in [-0.25, -0.2) is 4.79 Å². The third-order valence-electron chi connectivity index (χ3n) is 1.94. The number of alkyl carbamates (subject to hydrolysis) is 1. The summed E-state index contributed by atoms with van der Waals surface area (Å²) in [7, 11) is 0. The highest BCUT2D eigenvalue weighted by atomic mass is 16.6. The number of rotatable bonds is 6. The zero-order valence-corrected chi connectivity index (χ0v) is 11.9. The molecule has 6 nitrogen and oxygen atoms in total. The van der Waals surface area contributed by atoms with Crippen LogP contribution < -0.4 is 16.0 Å². The second kappa shape index (κ2) is 7.92. The van der Waals surface area contributed by atoms with Crippen molar-refractivity contribution in [3.05, 3.63) is 0 Å². The maximum Gasteiger partial charge on any atom is 0.407 e. The van der Waals surface area contributed by atoms with Crippen LogP contribution in [0.1, 0.15) is 34.6 Å². The van der Waals surface area contributed by atoms with Crippen molar-refractivity contribution in [2.45, 2.75) is 46.3 Å². The summed E-state index contributed by atoms with van der Waals surface area (Å²) in [4.78, 5) is 22.6. The van der Waals surface area contributed by atoms with E-state index in [0.29, 0.717) is 13.1 Å². The number of hydrogen-bond acceptors (Lipinski definition) is 4. The Morgan fingerprint density at radius 1 is 1.22 bits per heavy atom. The summed E-state index contributed by atoms with van der Waals surface area (Å²) in [5, 5.41) is 8.33. The van der Waals surface area contributed by atoms with Gasteiger partial charge in [0.1, 0.15) is 5.60 Å². The molecule has 18 heavy (non-hydrogen) atoms. The van der Waals surface area contributed by atoms with Crippen LogP contribution in [-0.2, 0) is 9.53 Å². The lowest BCUT2D eigenvalue weighted by atomic mass is 10.2. The van der Waals surface area contributed by atoms with Crippen LogP contribution in [-0.4, -0.2) is 43.3 Å². The number of ether oxygens (including phenoxy) is 1. The van der Waals surface area contributed by atoms with Gasteiger partial charge in [0.25, 0.3) is 0 Å². The predicted octanol–water partition coefficient (Wildman–Crippen LogP) is 0.625. The van der Waals surface area contributed by atoms with Crippen LogP contribution in [0, 0.1) is 0 Å². The largest absolute Gasteiger partial charge is 0.444 e. The first kappa shape index (κ1) is 16.7. The lowest BCUT2D eigenvalue weighted by molar-refractivity contribution is -0.120. The fraction of sp³-hybridized carbons (Fsp3) is 0.833. The number of carbonyl (C=O) groups is 2. The van der Waals surface area contributed by atoms with Gasteiger partial charge < -0.3 is 20.7 Å². The molecule has 0 radical (unpaired) electrons. The van der Waals surface area contributed by atoms with E-state index < -0.39 is 11.7 Å². The van der Waals surface area contributed by atoms with Gasteiger partial charge in [-0.15, -0.1) is 0 Å². The summed E-state index contributed by atoms with van der Waals surface area (Å²) >= 11 is 0. The summed E-state index contributed by atoms with van der Waals surface area (Å²) in [6.45, 7) is 10.4. The van der Waals surface area contributed by atoms with Gasteiger partial charge in [0.05, 0.1) is 6.54 Å². The number of amides is 2. The molecule has 0 aliphatic rings. The third kappa shape index (κ3) is 9.89. The molecule has 0 spiro atoms. The van der Waals surface area contributed by atoms with Crippen molar-refractivity contribution < 1.29 is 14.3 Å². The van der Waals surface area contributed by atoms with Crippen LogP contribution in [0.15, 0.2) is 0 Å². The van der Waals surface area contributed by atoms with Crippen molar-refractivity contribution >= 4 is 12.0 Å². The number of hydrogen-bond donors (Lipinski definition) is 3. The van der Waals surface area contributed by atoms with E-state index in [4.69, 9.17) is 4.74 Å². The molecule has 0 aliphatic heterocycles. The molecule has 0 aromatic heterocycles. The Morgan fingerprint density at radius 2 is 1.83 bits per heavy atom. The molecule has 0 rings (SSSR count). The maximum absolute atomic E-state index is 11.4. The lowest BCUT2D eigenvalue weighted by Crippen LogP contribution is -2.44. The highest BCUT2D eigenvalue weighted by Crippen LogP contribution is 2.06. The minimum Gasteiger partial charge on any atom is -0.444 e. The summed E-state index contributed by atoms with van der Waals surface area (Å²) in [6.07, 6.45) is -0.450. The smallest absolute Gasteiger partial charge is 0.407 e. The topological polar surface area (TPSA) is 79.5 Å². The van der Waals surface area contributed by atoms with Gasteiger partial charge >= 0.3 is 6.09 Å². The minimum absolute atomic E-state index is 0.000115. The van der Waals surface area contributed by atoms with Crippen LogP contribution >= 0.6 is 0 Å². The van der Waals surface area contributed by atoms with Crippen molar-refractivity contribution in [1.82, 2.24) is 16.0 Å². The monoisotopic (exact) mass is 259 g/mol. The van der Waals surface area contributed by atoms with Crippen LogP contribution in [0.5, 0.6) is 0 Å². The zero-order valence-electron chi connectivity index (χ0n) is 11.9. The van der Waals surface area contributed by atoms with E-state index in [9.17, 15) is 9.59 Å². The van der Waals surface area contributed by atoms with Crippen molar-refractivity contribution in [1.29, 1.82) is 0 Å². The Labute approximate surface area is 109 Å². The van der Waals surface area contributed by atoms with Crippen molar-refractivity contribution in [3.63, 3.8) is 0 Å². The van der Waals surface area contributed by atoms with E-state index in [1.807, 2.05) is 34.6 Å². The maximum atomic E-state index is 11.4. The molecular weight excluding hydrogens is 234 g/mol. The average Bonchev–Trinajstić information content (AvgIpc) is 2.21. The fourth-order valence-corrected chi connectivity index (χ4v) is 1.15. The average molecular weight is 259 g/mol. The van der Waals surface area contributed by atoms with E-state index >= 15 is 0 Å². The van der Waals surface area contributed by atoms with Crippen molar-refractivity contribution in [3.8, 4) is 0 Å². The number of carbonyl (C=O) groups excluding carboxylic acids is 2. The second-order valence-electron chi connectivity index (χ2n) is 5.12. The van der Waals surface area contributed by atoms with E-state index in [1.54, 1.807) is 0 Å². The molecule has 0 aliphatic carbocycles. The van der Waals surface area contributed by atoms with Crippen molar-refractivity contribution in [2.75, 3.05) is 19.6 Å². The van der Waals surface area contributed by atoms with Gasteiger partial charge in [-0.2, -0.15) is 0 Å². The summed E-state index contributed by atoms with van der Waals surface area (Å²) < 4.78 is 5.10. The third-order valence-corrected chi connectivity index (χ3v) is 1.94. The first-order chi connectivity index (χ1) is 8.24. The van der Waals surface area contributed by atoms with E-state index in [-0.39, 0.29) is 18.5 Å². The molecular formula is C12H25N3O3. The molecule has 0 fully saturated rings. The van der Waals surface area contributed by atoms with Gasteiger partial charge in [-0.1, -0.05) is 0 Å². The molecule has 0 aromatic rings. The van der Waals surface area contributed by atoms with Gasteiger partial charge in [0.2, 0.25) is 5.91 Å². The Balaban J connectivity index is 3.73. The molecule has 0 aromatic carbocycles. The Hall–Kier alpha value is -1.30. The molecule has 1 atom stereocenters. The molecule has 2 amide bonds. The highest BCUT2D eigenvalue weighted by Gasteiger charge is 2.16. The molecule has 3 N–H and O–H groups in total. The van der Waals surface area contributed by atoms with Crippen LogP contribution in [0.4, 0.5) is 4.79 Å². The van der Waals surface area contributed by atoms with E-state index in [0.717, 1.165) is 0 Å². The molecule has 1 unspecified atom stereocenters. The molecule has 6 heteroatoms. The second-order valence-corrected chi connectivity index (χ2v) is 5.12. The Kier molecular flexibility index (Phi) is 7.35. The van der Waals surface area contributed by atoms with E-state index in [2.05, 4.69) is 16.0 Å². The minimum atomic E-state index is -0.498. The highest BCUT2D eigenvalue weighted by molar-refractivity contribution is 5.77. The SMILES string of the molecule is CCNC(=O)CNC(C)CNC(=O)OC(C)(C)C. The summed E-state index contributed by atoms with van der Waals surface area (Å²) in [5.41, 5.74) is -0.498. The van der Waals surface area contributed by atoms with Crippen LogP contribution in [0.25, 0.3) is 0 Å². The zero-order chi connectivity index (χ0) is 14.2. The van der Waals surface area contributed by atoms with Gasteiger partial charge in [0.15, 0.2) is 0 Å². The number of nitrogens with one attached hydrogen (secondary N) is 3. The number of likely N-dealkylation sites (N-methyl/N-ethyl adjacent to an activating group) is 1. The first-order valence-electron chi connectivity index (χ1n) is 6.21. The normalized spacial score (nSPS) is 12.7. The summed E-state index contributed by atoms with van der Waals surface area (Å²) in [6, 6.07) is 0.000115. The van der Waals surface area contributed by atoms with Crippen LogP contribution in [0.2, 0.25) is 0 Å². The molecule has 0 saturated carbocycles. The van der Waals surface area contributed by atoms with Gasteiger partial charge in [0, 0.05) is 19.1 Å². The van der Waals surface area contributed by atoms with Crippen molar-refractivity contribution in [2.24, 2.45) is 0 Å². The first-order valence-corrected chi connectivity index (χ1v) is 6.21. The quantitative estimate of drug-likeness (QED) is 0.653. The Bertz CT molecular complexity index is 274. The van der Waals surface area contributed by atoms with Gasteiger partial charge in [-0.3, -0.25) is 4.79 Å². The van der Waals surface area contributed by atoms with Crippen LogP contribution in [0.3, 0.4) is 0 Å². The molecule has 0 bridgehead atoms. The molecule has 0 saturated heterocycles. The molecule has 0 heterocycles. The Morgan fingerprint density at radius 3 is 2.33 bits per heavy atom. The van der Waals surface area contributed by atoms with Gasteiger partial charge in [-0.05, 0) is 34.6 Å². The molecule has 106 valence electrons. The fourth-order valence-electron chi connectivity index (χ4n) is 1.15. The van der Waals surface area contributed by atoms with E-state index in [1.165, 1.54) is 0 Å². The summed E-state index contributed by atoms with van der Waals surface area (Å²) in [5.74, 6) is -0.0541.